The first kappa shape index (κ1) is 40.8. The predicted octanol–water partition coefficient (Wildman–Crippen LogP) is 9.93. The summed E-state index contributed by atoms with van der Waals surface area (Å²) in [6.45, 7) is 24.1. The summed E-state index contributed by atoms with van der Waals surface area (Å²) in [6.07, 6.45) is -0.362. The maximum absolute atomic E-state index is 12.6. The Morgan fingerprint density at radius 3 is 2.18 bits per heavy atom. The smallest absolute Gasteiger partial charge is 0.337 e. The summed E-state index contributed by atoms with van der Waals surface area (Å²) in [5.74, 6) is 0.700. The lowest BCUT2D eigenvalue weighted by atomic mass is 9.91. The van der Waals surface area contributed by atoms with Gasteiger partial charge in [-0.1, -0.05) is 70.9 Å². The van der Waals surface area contributed by atoms with Gasteiger partial charge in [0.15, 0.2) is 31.1 Å². The number of anilines is 1. The van der Waals surface area contributed by atoms with E-state index in [0.717, 1.165) is 52.6 Å². The maximum atomic E-state index is 12.6. The van der Waals surface area contributed by atoms with Gasteiger partial charge in [0, 0.05) is 22.0 Å². The first-order valence-corrected chi connectivity index (χ1v) is 28.9. The van der Waals surface area contributed by atoms with Crippen molar-refractivity contribution < 1.29 is 27.5 Å². The minimum atomic E-state index is -1.89. The molecule has 0 unspecified atom stereocenters. The molecule has 0 radical (unpaired) electrons. The van der Waals surface area contributed by atoms with E-state index in [1.165, 1.54) is 11.1 Å². The molecule has 2 aliphatic heterocycles. The van der Waals surface area contributed by atoms with Gasteiger partial charge in [-0.2, -0.15) is 0 Å². The molecule has 0 spiro atoms. The summed E-state index contributed by atoms with van der Waals surface area (Å²) >= 11 is 9.90. The van der Waals surface area contributed by atoms with E-state index in [-0.39, 0.29) is 24.1 Å². The van der Waals surface area contributed by atoms with Crippen molar-refractivity contribution in [3.63, 3.8) is 0 Å². The van der Waals surface area contributed by atoms with Crippen molar-refractivity contribution in [1.29, 1.82) is 0 Å². The van der Waals surface area contributed by atoms with Gasteiger partial charge in [-0.15, -0.1) is 0 Å². The van der Waals surface area contributed by atoms with Crippen LogP contribution in [0.4, 0.5) is 5.69 Å². The fraction of sp³-hybridized carbons (Fsp3) is 0.500. The van der Waals surface area contributed by atoms with Crippen LogP contribution in [0.25, 0.3) is 0 Å². The Bertz CT molecular complexity index is 1580. The Morgan fingerprint density at radius 2 is 1.54 bits per heavy atom. The molecule has 0 N–H and O–H groups in total. The van der Waals surface area contributed by atoms with Crippen molar-refractivity contribution in [3.05, 3.63) is 92.9 Å². The molecule has 0 bridgehead atoms. The molecule has 2 heterocycles. The average Bonchev–Trinajstić information content (AvgIpc) is 3.01. The Hall–Kier alpha value is -1.97. The highest BCUT2D eigenvalue weighted by Gasteiger charge is 2.48. The zero-order valence-electron chi connectivity index (χ0n) is 31.3. The van der Waals surface area contributed by atoms with Crippen LogP contribution in [0, 0.1) is 5.92 Å². The van der Waals surface area contributed by atoms with Crippen LogP contribution >= 0.6 is 27.5 Å². The first-order chi connectivity index (χ1) is 23.3. The number of esters is 1. The quantitative estimate of drug-likeness (QED) is 0.141. The number of rotatable bonds is 11. The SMILES string of the molecule is C[C@H]1[C@H](O[Si](C)(C)C)[C@@H](O[Si](C)(C)C)C(=O)O[C@@H]1CO[Si](C)(C)C.Clc1ccc(Br)cc1Cc1ccc2c(c1)N(Cc1ccccc1)CCO2. The van der Waals surface area contributed by atoms with Crippen molar-refractivity contribution in [2.24, 2.45) is 5.92 Å². The molecule has 7 nitrogen and oxygen atoms in total. The highest BCUT2D eigenvalue weighted by Crippen LogP contribution is 2.35. The summed E-state index contributed by atoms with van der Waals surface area (Å²) in [7, 11) is -5.38. The average molecular weight is 821 g/mol. The fourth-order valence-corrected chi connectivity index (χ4v) is 9.24. The van der Waals surface area contributed by atoms with Crippen molar-refractivity contribution >= 4 is 64.1 Å². The zero-order valence-corrected chi connectivity index (χ0v) is 36.7. The van der Waals surface area contributed by atoms with Gasteiger partial charge in [-0.05, 0) is 112 Å². The number of ether oxygens (including phenoxy) is 2. The van der Waals surface area contributed by atoms with Gasteiger partial charge in [0.2, 0.25) is 0 Å². The van der Waals surface area contributed by atoms with Crippen molar-refractivity contribution in [2.45, 2.75) is 97.1 Å². The highest BCUT2D eigenvalue weighted by molar-refractivity contribution is 9.10. The summed E-state index contributed by atoms with van der Waals surface area (Å²) in [5, 5.41) is 0.795. The van der Waals surface area contributed by atoms with Crippen LogP contribution in [0.1, 0.15) is 23.6 Å². The number of fused-ring (bicyclic) bond motifs is 1. The monoisotopic (exact) mass is 819 g/mol. The molecule has 0 amide bonds. The van der Waals surface area contributed by atoms with Gasteiger partial charge >= 0.3 is 5.97 Å². The van der Waals surface area contributed by atoms with Gasteiger partial charge in [0.1, 0.15) is 18.5 Å². The molecule has 0 saturated carbocycles. The standard InChI is InChI=1S/C22H19BrClNO.C16H36O5Si3/c23-19-7-8-20(24)18(14-19)12-17-6-9-22-21(13-17)25(10-11-26-22)15-16-4-2-1-3-5-16;1-12-13(11-18-22(2,3)4)19-16(17)15(21-24(8,9)10)14(12)20-23(5,6)7/h1-9,13-14H,10-12,15H2;12-15H,11H2,1-10H3/t;12-,13-,14+,15-/m.1/s1. The molecule has 5 rings (SSSR count). The number of hydrogen-bond acceptors (Lipinski definition) is 7. The van der Waals surface area contributed by atoms with E-state index in [1.54, 1.807) is 0 Å². The predicted molar refractivity (Wildman–Crippen MR) is 216 cm³/mol. The first-order valence-electron chi connectivity index (χ1n) is 17.5. The second-order valence-electron chi connectivity index (χ2n) is 16.1. The molecule has 1 saturated heterocycles. The zero-order chi connectivity index (χ0) is 36.9. The van der Waals surface area contributed by atoms with E-state index in [2.05, 4.69) is 141 Å². The number of benzene rings is 3. The Morgan fingerprint density at radius 1 is 0.860 bits per heavy atom. The highest BCUT2D eigenvalue weighted by atomic mass is 79.9. The van der Waals surface area contributed by atoms with Gasteiger partial charge in [0.25, 0.3) is 0 Å². The molecule has 50 heavy (non-hydrogen) atoms. The number of hydrogen-bond donors (Lipinski definition) is 0. The third-order valence-corrected chi connectivity index (χ3v) is 12.0. The van der Waals surface area contributed by atoms with Crippen LogP contribution in [0.2, 0.25) is 63.9 Å². The molecule has 0 aromatic heterocycles. The second-order valence-corrected chi connectivity index (χ2v) is 30.8. The number of carbonyl (C=O) groups is 1. The molecule has 1 fully saturated rings. The van der Waals surface area contributed by atoms with E-state index in [1.807, 2.05) is 12.1 Å². The lowest BCUT2D eigenvalue weighted by molar-refractivity contribution is -0.187. The summed E-state index contributed by atoms with van der Waals surface area (Å²) in [5.41, 5.74) is 4.81. The molecule has 2 aliphatic rings. The van der Waals surface area contributed by atoms with Gasteiger partial charge in [-0.25, -0.2) is 4.79 Å². The summed E-state index contributed by atoms with van der Waals surface area (Å²) in [6, 6.07) is 23.0. The van der Waals surface area contributed by atoms with Gasteiger partial charge < -0.3 is 27.7 Å². The Balaban J connectivity index is 0.000000226. The van der Waals surface area contributed by atoms with E-state index in [9.17, 15) is 4.79 Å². The van der Waals surface area contributed by atoms with Crippen LogP contribution in [0.15, 0.2) is 71.2 Å². The molecular weight excluding hydrogens is 766 g/mol. The molecule has 12 heteroatoms. The molecular formula is C38H55BrClNO6Si3. The summed E-state index contributed by atoms with van der Waals surface area (Å²) in [4.78, 5) is 15.0. The molecule has 3 aromatic rings. The van der Waals surface area contributed by atoms with E-state index in [0.29, 0.717) is 6.61 Å². The van der Waals surface area contributed by atoms with Crippen LogP contribution in [0.3, 0.4) is 0 Å². The third-order valence-electron chi connectivity index (χ3n) is 8.16. The third kappa shape index (κ3) is 12.6. The van der Waals surface area contributed by atoms with Gasteiger partial charge in [0.05, 0.1) is 24.9 Å². The number of nitrogens with zero attached hydrogens (tertiary/aromatic N) is 1. The normalized spacial score (nSPS) is 21.0. The second kappa shape index (κ2) is 17.2. The molecule has 274 valence electrons. The van der Waals surface area contributed by atoms with Crippen molar-refractivity contribution in [2.75, 3.05) is 24.7 Å². The molecule has 4 atom stereocenters. The Kier molecular flexibility index (Phi) is 14.1. The lowest BCUT2D eigenvalue weighted by Gasteiger charge is -2.44. The van der Waals surface area contributed by atoms with Crippen LogP contribution in [0.5, 0.6) is 5.75 Å². The Labute approximate surface area is 316 Å². The van der Waals surface area contributed by atoms with E-state index < -0.39 is 31.1 Å². The van der Waals surface area contributed by atoms with Crippen molar-refractivity contribution in [1.82, 2.24) is 0 Å². The van der Waals surface area contributed by atoms with Gasteiger partial charge in [-0.3, -0.25) is 0 Å². The van der Waals surface area contributed by atoms with Crippen LogP contribution in [-0.2, 0) is 35.8 Å². The fourth-order valence-electron chi connectivity index (χ4n) is 5.83. The number of cyclic esters (lactones) is 1. The number of halogens is 2. The molecule has 3 aromatic carbocycles. The van der Waals surface area contributed by atoms with Crippen LogP contribution in [-0.4, -0.2) is 69.0 Å². The largest absolute Gasteiger partial charge is 0.490 e. The minimum absolute atomic E-state index is 0.0483. The topological polar surface area (TPSA) is 66.5 Å². The van der Waals surface area contributed by atoms with E-state index in [4.69, 9.17) is 34.4 Å². The lowest BCUT2D eigenvalue weighted by Crippen LogP contribution is -2.59. The number of carbonyl (C=O) groups excluding carboxylic acids is 1. The van der Waals surface area contributed by atoms with Crippen molar-refractivity contribution in [3.8, 4) is 5.75 Å². The van der Waals surface area contributed by atoms with Crippen LogP contribution < -0.4 is 9.64 Å². The minimum Gasteiger partial charge on any atom is -0.490 e. The maximum Gasteiger partial charge on any atom is 0.337 e. The summed E-state index contributed by atoms with van der Waals surface area (Å²) < 4.78 is 31.1. The van der Waals surface area contributed by atoms with E-state index >= 15 is 0 Å². The molecule has 0 aliphatic carbocycles.